The van der Waals surface area contributed by atoms with Crippen molar-refractivity contribution in [3.63, 3.8) is 0 Å². The fraction of sp³-hybridized carbons (Fsp3) is 0.381. The molecule has 0 unspecified atom stereocenters. The highest BCUT2D eigenvalue weighted by Gasteiger charge is 2.12. The number of thiazole rings is 1. The van der Waals surface area contributed by atoms with Crippen LogP contribution < -0.4 is 10.2 Å². The number of aryl methyl sites for hydroxylation is 3. The summed E-state index contributed by atoms with van der Waals surface area (Å²) in [5.74, 6) is 0. The maximum Gasteiger partial charge on any atom is 0.188 e. The van der Waals surface area contributed by atoms with E-state index in [1.807, 2.05) is 0 Å². The number of hydrogen-bond donors (Lipinski definition) is 1. The Hall–Kier alpha value is -2.07. The number of rotatable bonds is 6. The second-order valence-electron chi connectivity index (χ2n) is 6.82. The molecule has 3 aromatic rings. The Kier molecular flexibility index (Phi) is 5.28. The van der Waals surface area contributed by atoms with E-state index in [2.05, 4.69) is 75.3 Å². The molecule has 2 aromatic carbocycles. The topological polar surface area (TPSA) is 28.2 Å². The lowest BCUT2D eigenvalue weighted by atomic mass is 10.1. The summed E-state index contributed by atoms with van der Waals surface area (Å²) in [5.41, 5.74) is 7.33. The number of hydrogen-bond acceptors (Lipinski definition) is 4. The zero-order valence-corrected chi connectivity index (χ0v) is 16.6. The Balaban J connectivity index is 1.94. The van der Waals surface area contributed by atoms with Gasteiger partial charge in [-0.15, -0.1) is 0 Å². The number of benzene rings is 2. The molecule has 0 atom stereocenters. The Morgan fingerprint density at radius 1 is 1.12 bits per heavy atom. The van der Waals surface area contributed by atoms with Gasteiger partial charge in [-0.2, -0.15) is 0 Å². The van der Waals surface area contributed by atoms with Gasteiger partial charge in [0.25, 0.3) is 0 Å². The molecular formula is C21H27N3S. The zero-order chi connectivity index (χ0) is 18.0. The van der Waals surface area contributed by atoms with Crippen LogP contribution in [0.5, 0.6) is 0 Å². The van der Waals surface area contributed by atoms with Crippen LogP contribution in [0.15, 0.2) is 30.3 Å². The average Bonchev–Trinajstić information content (AvgIpc) is 2.98. The van der Waals surface area contributed by atoms with Crippen molar-refractivity contribution in [2.75, 3.05) is 23.8 Å². The van der Waals surface area contributed by atoms with Crippen LogP contribution in [-0.2, 0) is 0 Å². The first-order valence-electron chi connectivity index (χ1n) is 8.95. The van der Waals surface area contributed by atoms with E-state index in [0.717, 1.165) is 17.2 Å². The Morgan fingerprint density at radius 2 is 1.84 bits per heavy atom. The summed E-state index contributed by atoms with van der Waals surface area (Å²) in [7, 11) is 2.17. The minimum Gasteiger partial charge on any atom is -0.373 e. The molecule has 0 saturated heterocycles. The van der Waals surface area contributed by atoms with Crippen LogP contribution in [0, 0.1) is 20.8 Å². The van der Waals surface area contributed by atoms with Gasteiger partial charge in [-0.25, -0.2) is 4.98 Å². The predicted molar refractivity (Wildman–Crippen MR) is 112 cm³/mol. The van der Waals surface area contributed by atoms with Crippen molar-refractivity contribution in [2.45, 2.75) is 40.5 Å². The first-order valence-corrected chi connectivity index (χ1v) is 9.76. The SMILES string of the molecule is CCCCN(C)c1cccc2nc(Nc3c(C)cc(C)cc3C)sc12. The highest BCUT2D eigenvalue weighted by molar-refractivity contribution is 7.22. The molecule has 1 N–H and O–H groups in total. The van der Waals surface area contributed by atoms with E-state index in [0.29, 0.717) is 0 Å². The van der Waals surface area contributed by atoms with Crippen molar-refractivity contribution in [1.82, 2.24) is 4.98 Å². The van der Waals surface area contributed by atoms with E-state index >= 15 is 0 Å². The molecule has 1 heterocycles. The number of nitrogens with one attached hydrogen (secondary N) is 1. The van der Waals surface area contributed by atoms with E-state index in [1.165, 1.54) is 45.6 Å². The van der Waals surface area contributed by atoms with Gasteiger partial charge >= 0.3 is 0 Å². The summed E-state index contributed by atoms with van der Waals surface area (Å²) in [6.45, 7) is 9.75. The molecule has 4 heteroatoms. The fourth-order valence-corrected chi connectivity index (χ4v) is 4.33. The van der Waals surface area contributed by atoms with Crippen molar-refractivity contribution < 1.29 is 0 Å². The number of aromatic nitrogens is 1. The molecule has 25 heavy (non-hydrogen) atoms. The lowest BCUT2D eigenvalue weighted by Gasteiger charge is -2.19. The number of unbranched alkanes of at least 4 members (excludes halogenated alkanes) is 1. The maximum atomic E-state index is 4.82. The molecule has 1 aromatic heterocycles. The summed E-state index contributed by atoms with van der Waals surface area (Å²) in [6, 6.07) is 10.8. The third kappa shape index (κ3) is 3.79. The van der Waals surface area contributed by atoms with Crippen molar-refractivity contribution in [2.24, 2.45) is 0 Å². The first kappa shape index (κ1) is 17.7. The number of anilines is 3. The zero-order valence-electron chi connectivity index (χ0n) is 15.8. The molecule has 132 valence electrons. The monoisotopic (exact) mass is 353 g/mol. The van der Waals surface area contributed by atoms with Gasteiger partial charge in [0.15, 0.2) is 5.13 Å². The Bertz CT molecular complexity index is 859. The van der Waals surface area contributed by atoms with Crippen LogP contribution in [-0.4, -0.2) is 18.6 Å². The number of nitrogens with zero attached hydrogens (tertiary/aromatic N) is 2. The van der Waals surface area contributed by atoms with E-state index in [4.69, 9.17) is 4.98 Å². The third-order valence-electron chi connectivity index (χ3n) is 4.56. The lowest BCUT2D eigenvalue weighted by Crippen LogP contribution is -2.18. The third-order valence-corrected chi connectivity index (χ3v) is 5.57. The fourth-order valence-electron chi connectivity index (χ4n) is 3.29. The second kappa shape index (κ2) is 7.44. The van der Waals surface area contributed by atoms with Crippen molar-refractivity contribution in [1.29, 1.82) is 0 Å². The Labute approximate surface area is 154 Å². The van der Waals surface area contributed by atoms with Gasteiger partial charge in [0.1, 0.15) is 0 Å². The molecule has 0 fully saturated rings. The standard InChI is InChI=1S/C21H27N3S/c1-6-7-11-24(5)18-10-8-9-17-20(18)25-21(22-17)23-19-15(3)12-14(2)13-16(19)4/h8-10,12-13H,6-7,11H2,1-5H3,(H,22,23). The van der Waals surface area contributed by atoms with E-state index < -0.39 is 0 Å². The molecule has 3 rings (SSSR count). The highest BCUT2D eigenvalue weighted by Crippen LogP contribution is 2.36. The maximum absolute atomic E-state index is 4.82. The molecule has 0 bridgehead atoms. The molecule has 0 amide bonds. The molecule has 0 spiro atoms. The molecule has 0 radical (unpaired) electrons. The molecule has 0 aliphatic rings. The van der Waals surface area contributed by atoms with Gasteiger partial charge < -0.3 is 10.2 Å². The molecule has 0 aliphatic carbocycles. The van der Waals surface area contributed by atoms with Crippen LogP contribution in [0.1, 0.15) is 36.5 Å². The second-order valence-corrected chi connectivity index (χ2v) is 7.82. The van der Waals surface area contributed by atoms with Gasteiger partial charge in [-0.3, -0.25) is 0 Å². The van der Waals surface area contributed by atoms with E-state index in [9.17, 15) is 0 Å². The highest BCUT2D eigenvalue weighted by atomic mass is 32.1. The largest absolute Gasteiger partial charge is 0.373 e. The first-order chi connectivity index (χ1) is 12.0. The van der Waals surface area contributed by atoms with Crippen LogP contribution in [0.25, 0.3) is 10.2 Å². The smallest absolute Gasteiger partial charge is 0.188 e. The minimum atomic E-state index is 0.960. The molecule has 0 saturated carbocycles. The van der Waals surface area contributed by atoms with Crippen molar-refractivity contribution in [3.05, 3.63) is 47.0 Å². The quantitative estimate of drug-likeness (QED) is 0.571. The molecular weight excluding hydrogens is 326 g/mol. The van der Waals surface area contributed by atoms with E-state index in [-0.39, 0.29) is 0 Å². The van der Waals surface area contributed by atoms with Gasteiger partial charge in [0, 0.05) is 19.3 Å². The molecule has 0 aliphatic heterocycles. The summed E-state index contributed by atoms with van der Waals surface area (Å²) >= 11 is 1.74. The number of fused-ring (bicyclic) bond motifs is 1. The Morgan fingerprint density at radius 3 is 2.52 bits per heavy atom. The van der Waals surface area contributed by atoms with Crippen LogP contribution in [0.2, 0.25) is 0 Å². The predicted octanol–water partition coefficient (Wildman–Crippen LogP) is 6.20. The van der Waals surface area contributed by atoms with Crippen molar-refractivity contribution in [3.8, 4) is 0 Å². The van der Waals surface area contributed by atoms with Crippen molar-refractivity contribution >= 4 is 38.1 Å². The van der Waals surface area contributed by atoms with Gasteiger partial charge in [0.05, 0.1) is 15.9 Å². The van der Waals surface area contributed by atoms with Gasteiger partial charge in [-0.05, 0) is 50.5 Å². The van der Waals surface area contributed by atoms with Crippen LogP contribution in [0.4, 0.5) is 16.5 Å². The van der Waals surface area contributed by atoms with Crippen LogP contribution >= 0.6 is 11.3 Å². The average molecular weight is 354 g/mol. The van der Waals surface area contributed by atoms with Gasteiger partial charge in [0.2, 0.25) is 0 Å². The summed E-state index contributed by atoms with van der Waals surface area (Å²) in [6.07, 6.45) is 2.42. The van der Waals surface area contributed by atoms with Gasteiger partial charge in [-0.1, -0.05) is 48.4 Å². The summed E-state index contributed by atoms with van der Waals surface area (Å²) in [4.78, 5) is 7.16. The van der Waals surface area contributed by atoms with E-state index in [1.54, 1.807) is 11.3 Å². The lowest BCUT2D eigenvalue weighted by molar-refractivity contribution is 0.768. The summed E-state index contributed by atoms with van der Waals surface area (Å²) in [5, 5.41) is 4.51. The van der Waals surface area contributed by atoms with Crippen LogP contribution in [0.3, 0.4) is 0 Å². The minimum absolute atomic E-state index is 0.960. The normalized spacial score (nSPS) is 11.1. The summed E-state index contributed by atoms with van der Waals surface area (Å²) < 4.78 is 1.26. The molecule has 3 nitrogen and oxygen atoms in total.